The summed E-state index contributed by atoms with van der Waals surface area (Å²) in [6.45, 7) is 1.72. The van der Waals surface area contributed by atoms with Crippen LogP contribution in [0.4, 0.5) is 11.8 Å². The first-order valence-corrected chi connectivity index (χ1v) is 13.1. The zero-order valence-corrected chi connectivity index (χ0v) is 21.0. The molecule has 4 rings (SSSR count). The molecule has 0 radical (unpaired) electrons. The van der Waals surface area contributed by atoms with Crippen molar-refractivity contribution in [3.63, 3.8) is 0 Å². The molecule has 1 saturated carbocycles. The van der Waals surface area contributed by atoms with Gasteiger partial charge in [-0.2, -0.15) is 0 Å². The van der Waals surface area contributed by atoms with Gasteiger partial charge in [0.15, 0.2) is 0 Å². The molecule has 0 spiro atoms. The second-order valence-corrected chi connectivity index (χ2v) is 10.7. The first kappa shape index (κ1) is 24.7. The standard InChI is InChI=1S/C25H31N7O2S/c1-18-12-13-26-17-23(18)35(33,34)31-24-11-6-19(14-27-24)4-5-20-15-28-25(29-16-20)30-21-7-9-22(10-8-21)32(2)3/h4-6,11-17,21-22H,7-10H2,1-3H3,(H,27,31)(H,28,29,30)/b5-4+/t21-,22-. The Bertz CT molecular complexity index is 1250. The van der Waals surface area contributed by atoms with Crippen LogP contribution in [0.25, 0.3) is 12.2 Å². The Balaban J connectivity index is 1.32. The summed E-state index contributed by atoms with van der Waals surface area (Å²) in [5.41, 5.74) is 2.31. The predicted molar refractivity (Wildman–Crippen MR) is 138 cm³/mol. The van der Waals surface area contributed by atoms with Gasteiger partial charge in [0.25, 0.3) is 10.0 Å². The van der Waals surface area contributed by atoms with Gasteiger partial charge < -0.3 is 10.2 Å². The molecule has 0 bridgehead atoms. The van der Waals surface area contributed by atoms with Crippen molar-refractivity contribution in [3.8, 4) is 0 Å². The van der Waals surface area contributed by atoms with Crippen molar-refractivity contribution >= 4 is 33.9 Å². The van der Waals surface area contributed by atoms with E-state index in [0.717, 1.165) is 24.0 Å². The third kappa shape index (κ3) is 6.61. The Morgan fingerprint density at radius 2 is 1.60 bits per heavy atom. The van der Waals surface area contributed by atoms with Crippen LogP contribution >= 0.6 is 0 Å². The maximum atomic E-state index is 12.6. The number of hydrogen-bond donors (Lipinski definition) is 2. The lowest BCUT2D eigenvalue weighted by Crippen LogP contribution is -2.36. The highest BCUT2D eigenvalue weighted by Gasteiger charge is 2.22. The number of anilines is 2. The van der Waals surface area contributed by atoms with Crippen molar-refractivity contribution in [2.24, 2.45) is 0 Å². The molecule has 0 atom stereocenters. The lowest BCUT2D eigenvalue weighted by Gasteiger charge is -2.32. The quantitative estimate of drug-likeness (QED) is 0.487. The van der Waals surface area contributed by atoms with E-state index in [-0.39, 0.29) is 10.7 Å². The number of aryl methyl sites for hydroxylation is 1. The minimum Gasteiger partial charge on any atom is -0.351 e. The summed E-state index contributed by atoms with van der Waals surface area (Å²) in [5.74, 6) is 0.890. The lowest BCUT2D eigenvalue weighted by atomic mass is 9.91. The van der Waals surface area contributed by atoms with Crippen LogP contribution in [0.3, 0.4) is 0 Å². The fourth-order valence-corrected chi connectivity index (χ4v) is 5.30. The maximum Gasteiger partial charge on any atom is 0.264 e. The van der Waals surface area contributed by atoms with Crippen LogP contribution in [0.5, 0.6) is 0 Å². The summed E-state index contributed by atoms with van der Waals surface area (Å²) >= 11 is 0. The van der Waals surface area contributed by atoms with E-state index in [4.69, 9.17) is 0 Å². The molecular weight excluding hydrogens is 462 g/mol. The first-order valence-electron chi connectivity index (χ1n) is 11.6. The van der Waals surface area contributed by atoms with Crippen LogP contribution in [0.15, 0.2) is 54.1 Å². The molecule has 9 nitrogen and oxygen atoms in total. The van der Waals surface area contributed by atoms with Gasteiger partial charge in [0.05, 0.1) is 0 Å². The molecule has 3 aromatic heterocycles. The number of nitrogens with one attached hydrogen (secondary N) is 2. The summed E-state index contributed by atoms with van der Waals surface area (Å²) in [6.07, 6.45) is 16.4. The fraction of sp³-hybridized carbons (Fsp3) is 0.360. The Morgan fingerprint density at radius 3 is 2.23 bits per heavy atom. The summed E-state index contributed by atoms with van der Waals surface area (Å²) in [7, 11) is 0.535. The molecule has 35 heavy (non-hydrogen) atoms. The minimum atomic E-state index is -3.75. The summed E-state index contributed by atoms with van der Waals surface area (Å²) in [6, 6.07) is 6.14. The molecule has 3 aromatic rings. The fourth-order valence-electron chi connectivity index (χ4n) is 4.10. The predicted octanol–water partition coefficient (Wildman–Crippen LogP) is 3.83. The van der Waals surface area contributed by atoms with E-state index in [1.165, 1.54) is 19.0 Å². The third-order valence-corrected chi connectivity index (χ3v) is 7.69. The molecule has 0 aliphatic heterocycles. The highest BCUT2D eigenvalue weighted by Crippen LogP contribution is 2.23. The Hall–Kier alpha value is -3.37. The number of sulfonamides is 1. The van der Waals surface area contributed by atoms with Crippen molar-refractivity contribution in [2.45, 2.75) is 49.6 Å². The molecule has 184 valence electrons. The third-order valence-electron chi connectivity index (χ3n) is 6.21. The van der Waals surface area contributed by atoms with Crippen LogP contribution < -0.4 is 10.0 Å². The number of rotatable bonds is 8. The minimum absolute atomic E-state index is 0.130. The van der Waals surface area contributed by atoms with Crippen molar-refractivity contribution in [3.05, 3.63) is 65.9 Å². The average Bonchev–Trinajstić information content (AvgIpc) is 2.85. The molecule has 1 fully saturated rings. The highest BCUT2D eigenvalue weighted by molar-refractivity contribution is 7.92. The van der Waals surface area contributed by atoms with Gasteiger partial charge >= 0.3 is 0 Å². The van der Waals surface area contributed by atoms with Crippen LogP contribution in [0.2, 0.25) is 0 Å². The topological polar surface area (TPSA) is 113 Å². The molecular formula is C25H31N7O2S. The van der Waals surface area contributed by atoms with Gasteiger partial charge in [-0.25, -0.2) is 23.4 Å². The lowest BCUT2D eigenvalue weighted by molar-refractivity contribution is 0.221. The number of nitrogens with zero attached hydrogens (tertiary/aromatic N) is 5. The summed E-state index contributed by atoms with van der Waals surface area (Å²) in [5, 5.41) is 3.45. The van der Waals surface area contributed by atoms with Crippen LogP contribution in [-0.4, -0.2) is 59.4 Å². The van der Waals surface area contributed by atoms with E-state index in [2.05, 4.69) is 49.0 Å². The van der Waals surface area contributed by atoms with Crippen molar-refractivity contribution in [2.75, 3.05) is 24.1 Å². The molecule has 2 N–H and O–H groups in total. The van der Waals surface area contributed by atoms with E-state index in [0.29, 0.717) is 23.6 Å². The van der Waals surface area contributed by atoms with E-state index in [1.54, 1.807) is 49.9 Å². The molecule has 0 aromatic carbocycles. The van der Waals surface area contributed by atoms with E-state index in [9.17, 15) is 8.42 Å². The monoisotopic (exact) mass is 493 g/mol. The summed E-state index contributed by atoms with van der Waals surface area (Å²) < 4.78 is 27.7. The molecule has 0 saturated heterocycles. The molecule has 0 amide bonds. The Labute approximate surface area is 206 Å². The second-order valence-electron chi connectivity index (χ2n) is 9.01. The van der Waals surface area contributed by atoms with Gasteiger partial charge in [-0.3, -0.25) is 9.71 Å². The smallest absolute Gasteiger partial charge is 0.264 e. The van der Waals surface area contributed by atoms with Gasteiger partial charge in [-0.1, -0.05) is 12.2 Å². The van der Waals surface area contributed by atoms with Gasteiger partial charge in [0, 0.05) is 48.6 Å². The van der Waals surface area contributed by atoms with Crippen molar-refractivity contribution < 1.29 is 8.42 Å². The highest BCUT2D eigenvalue weighted by atomic mass is 32.2. The first-order chi connectivity index (χ1) is 16.8. The number of aromatic nitrogens is 4. The van der Waals surface area contributed by atoms with Crippen molar-refractivity contribution in [1.29, 1.82) is 0 Å². The largest absolute Gasteiger partial charge is 0.351 e. The SMILES string of the molecule is Cc1ccncc1S(=O)(=O)Nc1ccc(/C=C/c2cnc(N[C@H]3CC[C@H](N(C)C)CC3)nc2)cn1. The summed E-state index contributed by atoms with van der Waals surface area (Å²) in [4.78, 5) is 19.4. The van der Waals surface area contributed by atoms with E-state index >= 15 is 0 Å². The molecule has 10 heteroatoms. The van der Waals surface area contributed by atoms with Crippen LogP contribution in [0.1, 0.15) is 42.4 Å². The van der Waals surface area contributed by atoms with Crippen LogP contribution in [-0.2, 0) is 10.0 Å². The zero-order valence-electron chi connectivity index (χ0n) is 20.2. The number of hydrogen-bond acceptors (Lipinski definition) is 8. The molecule has 1 aliphatic rings. The van der Waals surface area contributed by atoms with Gasteiger partial charge in [0.1, 0.15) is 10.7 Å². The number of pyridine rings is 2. The normalized spacial score (nSPS) is 18.6. The van der Waals surface area contributed by atoms with Gasteiger partial charge in [0.2, 0.25) is 5.95 Å². The Kier molecular flexibility index (Phi) is 7.72. The molecule has 1 aliphatic carbocycles. The van der Waals surface area contributed by atoms with Gasteiger partial charge in [-0.15, -0.1) is 0 Å². The second kappa shape index (κ2) is 10.9. The molecule has 3 heterocycles. The van der Waals surface area contributed by atoms with E-state index < -0.39 is 10.0 Å². The Morgan fingerprint density at radius 1 is 0.914 bits per heavy atom. The van der Waals surface area contributed by atoms with E-state index in [1.807, 2.05) is 12.2 Å². The van der Waals surface area contributed by atoms with Crippen LogP contribution in [0, 0.1) is 6.92 Å². The molecule has 0 unspecified atom stereocenters. The zero-order chi connectivity index (χ0) is 24.8. The maximum absolute atomic E-state index is 12.6. The van der Waals surface area contributed by atoms with Gasteiger partial charge in [-0.05, 0) is 76.0 Å². The average molecular weight is 494 g/mol. The van der Waals surface area contributed by atoms with Crippen molar-refractivity contribution in [1.82, 2.24) is 24.8 Å².